The van der Waals surface area contributed by atoms with Crippen molar-refractivity contribution in [1.82, 2.24) is 4.98 Å². The van der Waals surface area contributed by atoms with Crippen molar-refractivity contribution in [3.63, 3.8) is 0 Å². The van der Waals surface area contributed by atoms with Gasteiger partial charge in [-0.2, -0.15) is 0 Å². The van der Waals surface area contributed by atoms with E-state index in [-0.39, 0.29) is 0 Å². The van der Waals surface area contributed by atoms with Crippen molar-refractivity contribution in [3.8, 4) is 11.1 Å². The fourth-order valence-corrected chi connectivity index (χ4v) is 4.02. The number of nitrogens with one attached hydrogen (secondary N) is 1. The van der Waals surface area contributed by atoms with Crippen LogP contribution in [-0.4, -0.2) is 4.98 Å². The fraction of sp³-hybridized carbons (Fsp3) is 0.0833. The molecule has 1 N–H and O–H groups in total. The fourth-order valence-electron chi connectivity index (χ4n) is 4.02. The van der Waals surface area contributed by atoms with Gasteiger partial charge in [0.15, 0.2) is 0 Å². The Morgan fingerprint density at radius 1 is 0.600 bits per heavy atom. The number of aromatic amines is 1. The Kier molecular flexibility index (Phi) is 2.98. The summed E-state index contributed by atoms with van der Waals surface area (Å²) in [6.45, 7) is 4.44. The Labute approximate surface area is 146 Å². The summed E-state index contributed by atoms with van der Waals surface area (Å²) in [5, 5.41) is 5.22. The Morgan fingerprint density at radius 2 is 1.36 bits per heavy atom. The van der Waals surface area contributed by atoms with Crippen molar-refractivity contribution in [3.05, 3.63) is 83.9 Å². The van der Waals surface area contributed by atoms with Crippen LogP contribution in [0, 0.1) is 13.8 Å². The molecular formula is C24H19N. The summed E-state index contributed by atoms with van der Waals surface area (Å²) in [4.78, 5) is 3.54. The summed E-state index contributed by atoms with van der Waals surface area (Å²) >= 11 is 0. The van der Waals surface area contributed by atoms with E-state index < -0.39 is 0 Å². The third kappa shape index (κ3) is 2.09. The van der Waals surface area contributed by atoms with Crippen LogP contribution >= 0.6 is 0 Å². The summed E-state index contributed by atoms with van der Waals surface area (Å²) in [6.07, 6.45) is 0. The molecule has 5 aromatic rings. The molecule has 0 aliphatic heterocycles. The van der Waals surface area contributed by atoms with Gasteiger partial charge in [-0.25, -0.2) is 0 Å². The highest BCUT2D eigenvalue weighted by Crippen LogP contribution is 2.36. The number of para-hydroxylation sites is 1. The number of aromatic nitrogens is 1. The Morgan fingerprint density at radius 3 is 2.24 bits per heavy atom. The van der Waals surface area contributed by atoms with Gasteiger partial charge in [-0.3, -0.25) is 0 Å². The summed E-state index contributed by atoms with van der Waals surface area (Å²) in [5.41, 5.74) is 7.70. The quantitative estimate of drug-likeness (QED) is 0.351. The average Bonchev–Trinajstić information content (AvgIpc) is 2.99. The molecule has 0 bridgehead atoms. The summed E-state index contributed by atoms with van der Waals surface area (Å²) < 4.78 is 0. The normalized spacial score (nSPS) is 11.6. The van der Waals surface area contributed by atoms with Crippen LogP contribution in [0.25, 0.3) is 43.7 Å². The van der Waals surface area contributed by atoms with Gasteiger partial charge in [-0.1, -0.05) is 54.6 Å². The highest BCUT2D eigenvalue weighted by atomic mass is 14.7. The minimum Gasteiger partial charge on any atom is -0.355 e. The van der Waals surface area contributed by atoms with Gasteiger partial charge in [0.2, 0.25) is 0 Å². The minimum atomic E-state index is 1.20. The topological polar surface area (TPSA) is 15.8 Å². The van der Waals surface area contributed by atoms with Crippen LogP contribution in [0.5, 0.6) is 0 Å². The van der Waals surface area contributed by atoms with Gasteiger partial charge >= 0.3 is 0 Å². The molecule has 0 spiro atoms. The zero-order valence-corrected chi connectivity index (χ0v) is 14.4. The first-order chi connectivity index (χ1) is 12.2. The lowest BCUT2D eigenvalue weighted by atomic mass is 9.91. The van der Waals surface area contributed by atoms with E-state index in [9.17, 15) is 0 Å². The third-order valence-electron chi connectivity index (χ3n) is 5.34. The molecule has 0 amide bonds. The Balaban J connectivity index is 1.84. The van der Waals surface area contributed by atoms with Crippen molar-refractivity contribution in [2.45, 2.75) is 13.8 Å². The van der Waals surface area contributed by atoms with Gasteiger partial charge in [0.05, 0.1) is 0 Å². The summed E-state index contributed by atoms with van der Waals surface area (Å²) in [6, 6.07) is 26.3. The molecular weight excluding hydrogens is 302 g/mol. The largest absolute Gasteiger partial charge is 0.355 e. The molecule has 0 atom stereocenters. The third-order valence-corrected chi connectivity index (χ3v) is 5.34. The Bertz CT molecular complexity index is 1260. The van der Waals surface area contributed by atoms with Crippen LogP contribution in [0.1, 0.15) is 11.1 Å². The van der Waals surface area contributed by atoms with Gasteiger partial charge in [-0.15, -0.1) is 0 Å². The highest BCUT2D eigenvalue weighted by molar-refractivity contribution is 6.09. The molecule has 0 aliphatic rings. The van der Waals surface area contributed by atoms with Crippen molar-refractivity contribution in [2.75, 3.05) is 0 Å². The van der Waals surface area contributed by atoms with Gasteiger partial charge in [0.1, 0.15) is 0 Å². The maximum Gasteiger partial charge on any atom is 0.0467 e. The number of benzene rings is 4. The first kappa shape index (κ1) is 14.3. The van der Waals surface area contributed by atoms with E-state index in [1.54, 1.807) is 0 Å². The molecule has 120 valence electrons. The molecule has 4 aromatic carbocycles. The molecule has 0 unspecified atom stereocenters. The smallest absolute Gasteiger partial charge is 0.0467 e. The molecule has 0 saturated carbocycles. The van der Waals surface area contributed by atoms with E-state index in [4.69, 9.17) is 0 Å². The van der Waals surface area contributed by atoms with Crippen LogP contribution in [0.2, 0.25) is 0 Å². The molecule has 0 fully saturated rings. The molecule has 1 heterocycles. The second kappa shape index (κ2) is 5.22. The first-order valence-corrected chi connectivity index (χ1v) is 8.72. The second-order valence-corrected chi connectivity index (χ2v) is 6.84. The number of fused-ring (bicyclic) bond motifs is 4. The van der Waals surface area contributed by atoms with Gasteiger partial charge in [0, 0.05) is 21.8 Å². The maximum absolute atomic E-state index is 3.54. The van der Waals surface area contributed by atoms with Crippen LogP contribution in [-0.2, 0) is 0 Å². The molecule has 0 radical (unpaired) electrons. The van der Waals surface area contributed by atoms with E-state index in [2.05, 4.69) is 91.6 Å². The van der Waals surface area contributed by atoms with Crippen molar-refractivity contribution in [2.24, 2.45) is 0 Å². The standard InChI is InChI=1S/C24H19N/c1-15-13-24-22(20-9-5-6-10-23(20)25-24)14-21(15)19-12-11-17-7-3-4-8-18(17)16(19)2/h3-14,25H,1-2H3. The lowest BCUT2D eigenvalue weighted by Crippen LogP contribution is -1.89. The predicted octanol–water partition coefficient (Wildman–Crippen LogP) is 6.76. The first-order valence-electron chi connectivity index (χ1n) is 8.72. The molecule has 0 saturated heterocycles. The van der Waals surface area contributed by atoms with Crippen molar-refractivity contribution < 1.29 is 0 Å². The van der Waals surface area contributed by atoms with Crippen LogP contribution in [0.15, 0.2) is 72.8 Å². The van der Waals surface area contributed by atoms with E-state index in [1.165, 1.54) is 54.8 Å². The number of H-pyrrole nitrogens is 1. The lowest BCUT2D eigenvalue weighted by molar-refractivity contribution is 1.43. The Hall–Kier alpha value is -3.06. The molecule has 0 aliphatic carbocycles. The number of hydrogen-bond acceptors (Lipinski definition) is 0. The van der Waals surface area contributed by atoms with Crippen LogP contribution < -0.4 is 0 Å². The minimum absolute atomic E-state index is 1.20. The van der Waals surface area contributed by atoms with E-state index >= 15 is 0 Å². The monoisotopic (exact) mass is 321 g/mol. The average molecular weight is 321 g/mol. The van der Waals surface area contributed by atoms with E-state index in [0.717, 1.165) is 0 Å². The summed E-state index contributed by atoms with van der Waals surface area (Å²) in [5.74, 6) is 0. The van der Waals surface area contributed by atoms with Crippen LogP contribution in [0.3, 0.4) is 0 Å². The zero-order chi connectivity index (χ0) is 17.0. The van der Waals surface area contributed by atoms with Crippen molar-refractivity contribution >= 4 is 32.6 Å². The lowest BCUT2D eigenvalue weighted by Gasteiger charge is -2.13. The SMILES string of the molecule is Cc1cc2[nH]c3ccccc3c2cc1-c1ccc2ccccc2c1C. The predicted molar refractivity (Wildman–Crippen MR) is 108 cm³/mol. The van der Waals surface area contributed by atoms with Crippen LogP contribution in [0.4, 0.5) is 0 Å². The molecule has 25 heavy (non-hydrogen) atoms. The van der Waals surface area contributed by atoms with Gasteiger partial charge in [0.25, 0.3) is 0 Å². The number of hydrogen-bond donors (Lipinski definition) is 1. The van der Waals surface area contributed by atoms with Gasteiger partial charge in [-0.05, 0) is 65.1 Å². The van der Waals surface area contributed by atoms with E-state index in [0.29, 0.717) is 0 Å². The molecule has 5 rings (SSSR count). The maximum atomic E-state index is 3.54. The van der Waals surface area contributed by atoms with Gasteiger partial charge < -0.3 is 4.98 Å². The second-order valence-electron chi connectivity index (χ2n) is 6.84. The molecule has 1 nitrogen and oxygen atoms in total. The summed E-state index contributed by atoms with van der Waals surface area (Å²) in [7, 11) is 0. The molecule has 1 aromatic heterocycles. The number of aryl methyl sites for hydroxylation is 2. The van der Waals surface area contributed by atoms with E-state index in [1.807, 2.05) is 0 Å². The molecule has 1 heteroatoms. The zero-order valence-electron chi connectivity index (χ0n) is 14.4. The van der Waals surface area contributed by atoms with Crippen molar-refractivity contribution in [1.29, 1.82) is 0 Å². The highest BCUT2D eigenvalue weighted by Gasteiger charge is 2.12. The number of rotatable bonds is 1.